The molecule has 1 aromatic rings. The van der Waals surface area contributed by atoms with E-state index in [-0.39, 0.29) is 17.3 Å². The smallest absolute Gasteiger partial charge is 0.270 e. The number of non-ortho nitro benzene ring substituents is 1. The van der Waals surface area contributed by atoms with E-state index in [2.05, 4.69) is 10.6 Å². The first-order valence-corrected chi connectivity index (χ1v) is 8.21. The zero-order valence-electron chi connectivity index (χ0n) is 12.2. The summed E-state index contributed by atoms with van der Waals surface area (Å²) in [5.74, 6) is -0.0930. The molecule has 1 rings (SSSR count). The van der Waals surface area contributed by atoms with Crippen LogP contribution in [0.4, 0.5) is 11.4 Å². The van der Waals surface area contributed by atoms with Gasteiger partial charge in [0.1, 0.15) is 0 Å². The summed E-state index contributed by atoms with van der Waals surface area (Å²) in [6.07, 6.45) is 1.56. The van der Waals surface area contributed by atoms with Gasteiger partial charge in [-0.1, -0.05) is 0 Å². The molecule has 2 unspecified atom stereocenters. The average Bonchev–Trinajstić information content (AvgIpc) is 2.37. The van der Waals surface area contributed by atoms with E-state index in [4.69, 9.17) is 0 Å². The van der Waals surface area contributed by atoms with E-state index >= 15 is 0 Å². The Labute approximate surface area is 125 Å². The highest BCUT2D eigenvalue weighted by atomic mass is 32.2. The number of nitro benzene ring substituents is 1. The van der Waals surface area contributed by atoms with Gasteiger partial charge in [0, 0.05) is 53.2 Å². The summed E-state index contributed by atoms with van der Waals surface area (Å²) in [4.78, 5) is 22.5. The van der Waals surface area contributed by atoms with Crippen molar-refractivity contribution in [2.45, 2.75) is 19.9 Å². The molecular formula is C13H19N3O4S. The number of nitro groups is 1. The molecule has 2 atom stereocenters. The van der Waals surface area contributed by atoms with Crippen LogP contribution in [0.2, 0.25) is 0 Å². The molecule has 21 heavy (non-hydrogen) atoms. The standard InChI is InChI=1S/C13H19N3O4S/c1-4-14-12-6-5-10(16(18)19)7-11(12)13(17)15-9(2)8-21(3)20/h5-7,9,14H,4,8H2,1-3H3,(H,15,17). The van der Waals surface area contributed by atoms with Crippen LogP contribution in [0.15, 0.2) is 18.2 Å². The third kappa shape index (κ3) is 5.14. The van der Waals surface area contributed by atoms with Crippen LogP contribution in [0, 0.1) is 10.1 Å². The number of amides is 1. The summed E-state index contributed by atoms with van der Waals surface area (Å²) in [6, 6.07) is 3.82. The Morgan fingerprint density at radius 1 is 1.48 bits per heavy atom. The summed E-state index contributed by atoms with van der Waals surface area (Å²) in [6.45, 7) is 4.20. The number of carbonyl (C=O) groups is 1. The summed E-state index contributed by atoms with van der Waals surface area (Å²) in [7, 11) is -1.03. The second-order valence-electron chi connectivity index (χ2n) is 4.63. The Bertz CT molecular complexity index is 562. The van der Waals surface area contributed by atoms with Crippen molar-refractivity contribution in [1.29, 1.82) is 0 Å². The van der Waals surface area contributed by atoms with Crippen LogP contribution < -0.4 is 10.6 Å². The van der Waals surface area contributed by atoms with Gasteiger partial charge in [-0.15, -0.1) is 0 Å². The Balaban J connectivity index is 3.01. The van der Waals surface area contributed by atoms with Crippen molar-refractivity contribution in [3.8, 4) is 0 Å². The lowest BCUT2D eigenvalue weighted by Crippen LogP contribution is -2.36. The van der Waals surface area contributed by atoms with Crippen molar-refractivity contribution >= 4 is 28.1 Å². The molecule has 0 aromatic heterocycles. The summed E-state index contributed by atoms with van der Waals surface area (Å²) >= 11 is 0. The minimum atomic E-state index is -1.03. The van der Waals surface area contributed by atoms with Gasteiger partial charge in [-0.05, 0) is 19.9 Å². The van der Waals surface area contributed by atoms with Gasteiger partial charge in [-0.3, -0.25) is 19.1 Å². The lowest BCUT2D eigenvalue weighted by Gasteiger charge is -2.15. The van der Waals surface area contributed by atoms with E-state index in [0.717, 1.165) is 0 Å². The van der Waals surface area contributed by atoms with Crippen LogP contribution >= 0.6 is 0 Å². The second-order valence-corrected chi connectivity index (χ2v) is 6.11. The molecular weight excluding hydrogens is 294 g/mol. The lowest BCUT2D eigenvalue weighted by molar-refractivity contribution is -0.384. The van der Waals surface area contributed by atoms with Gasteiger partial charge in [-0.2, -0.15) is 0 Å². The molecule has 1 aromatic carbocycles. The predicted molar refractivity (Wildman–Crippen MR) is 83.1 cm³/mol. The first-order valence-electron chi connectivity index (χ1n) is 6.48. The molecule has 116 valence electrons. The number of rotatable bonds is 7. The molecule has 0 saturated heterocycles. The van der Waals surface area contributed by atoms with Crippen molar-refractivity contribution in [2.24, 2.45) is 0 Å². The fourth-order valence-electron chi connectivity index (χ4n) is 1.87. The zero-order valence-corrected chi connectivity index (χ0v) is 13.0. The zero-order chi connectivity index (χ0) is 16.0. The number of hydrogen-bond donors (Lipinski definition) is 2. The van der Waals surface area contributed by atoms with E-state index < -0.39 is 21.6 Å². The molecule has 8 heteroatoms. The van der Waals surface area contributed by atoms with Gasteiger partial charge in [-0.25, -0.2) is 0 Å². The number of anilines is 1. The molecule has 0 bridgehead atoms. The molecule has 2 N–H and O–H groups in total. The van der Waals surface area contributed by atoms with Gasteiger partial charge >= 0.3 is 0 Å². The van der Waals surface area contributed by atoms with Crippen LogP contribution in [0.25, 0.3) is 0 Å². The Morgan fingerprint density at radius 3 is 2.67 bits per heavy atom. The van der Waals surface area contributed by atoms with E-state index in [1.807, 2.05) is 6.92 Å². The minimum absolute atomic E-state index is 0.145. The minimum Gasteiger partial charge on any atom is -0.385 e. The van der Waals surface area contributed by atoms with Crippen molar-refractivity contribution < 1.29 is 13.9 Å². The van der Waals surface area contributed by atoms with Crippen molar-refractivity contribution in [1.82, 2.24) is 5.32 Å². The fraction of sp³-hybridized carbons (Fsp3) is 0.462. The van der Waals surface area contributed by atoms with Crippen molar-refractivity contribution in [2.75, 3.05) is 23.9 Å². The lowest BCUT2D eigenvalue weighted by atomic mass is 10.1. The Kier molecular flexibility index (Phi) is 6.29. The molecule has 0 saturated carbocycles. The van der Waals surface area contributed by atoms with Gasteiger partial charge in [0.25, 0.3) is 11.6 Å². The fourth-order valence-corrected chi connectivity index (χ4v) is 2.66. The number of benzene rings is 1. The van der Waals surface area contributed by atoms with E-state index in [9.17, 15) is 19.1 Å². The molecule has 1 amide bonds. The molecule has 0 aliphatic heterocycles. The molecule has 0 fully saturated rings. The quantitative estimate of drug-likeness (QED) is 0.587. The predicted octanol–water partition coefficient (Wildman–Crippen LogP) is 1.52. The van der Waals surface area contributed by atoms with Crippen LogP contribution in [-0.2, 0) is 10.8 Å². The van der Waals surface area contributed by atoms with Crippen LogP contribution in [0.1, 0.15) is 24.2 Å². The van der Waals surface area contributed by atoms with Crippen molar-refractivity contribution in [3.63, 3.8) is 0 Å². The first-order chi connectivity index (χ1) is 9.85. The normalized spacial score (nSPS) is 13.3. The highest BCUT2D eigenvalue weighted by Gasteiger charge is 2.18. The summed E-state index contributed by atoms with van der Waals surface area (Å²) in [5.41, 5.74) is 0.596. The topological polar surface area (TPSA) is 101 Å². The number of carbonyl (C=O) groups excluding carboxylic acids is 1. The number of nitrogens with zero attached hydrogens (tertiary/aromatic N) is 1. The Morgan fingerprint density at radius 2 is 2.14 bits per heavy atom. The van der Waals surface area contributed by atoms with Crippen LogP contribution in [-0.4, -0.2) is 39.6 Å². The third-order valence-electron chi connectivity index (χ3n) is 2.69. The number of nitrogens with one attached hydrogen (secondary N) is 2. The summed E-state index contributed by atoms with van der Waals surface area (Å²) < 4.78 is 11.1. The maximum Gasteiger partial charge on any atom is 0.270 e. The maximum atomic E-state index is 12.2. The van der Waals surface area contributed by atoms with Crippen LogP contribution in [0.5, 0.6) is 0 Å². The largest absolute Gasteiger partial charge is 0.385 e. The molecule has 7 nitrogen and oxygen atoms in total. The molecule has 0 radical (unpaired) electrons. The first kappa shape index (κ1) is 17.1. The molecule has 0 heterocycles. The highest BCUT2D eigenvalue weighted by molar-refractivity contribution is 7.84. The third-order valence-corrected chi connectivity index (χ3v) is 3.66. The SMILES string of the molecule is CCNc1ccc([N+](=O)[O-])cc1C(=O)NC(C)CS(C)=O. The second kappa shape index (κ2) is 7.72. The van der Waals surface area contributed by atoms with E-state index in [0.29, 0.717) is 18.0 Å². The van der Waals surface area contributed by atoms with Gasteiger partial charge in [0.2, 0.25) is 0 Å². The van der Waals surface area contributed by atoms with Gasteiger partial charge in [0.15, 0.2) is 0 Å². The molecule has 0 aliphatic carbocycles. The monoisotopic (exact) mass is 313 g/mol. The van der Waals surface area contributed by atoms with Crippen molar-refractivity contribution in [3.05, 3.63) is 33.9 Å². The highest BCUT2D eigenvalue weighted by Crippen LogP contribution is 2.22. The van der Waals surface area contributed by atoms with E-state index in [1.165, 1.54) is 18.2 Å². The molecule has 0 aliphatic rings. The average molecular weight is 313 g/mol. The van der Waals surface area contributed by atoms with E-state index in [1.54, 1.807) is 13.2 Å². The van der Waals surface area contributed by atoms with Gasteiger partial charge in [0.05, 0.1) is 10.5 Å². The molecule has 0 spiro atoms. The van der Waals surface area contributed by atoms with Gasteiger partial charge < -0.3 is 10.6 Å². The van der Waals surface area contributed by atoms with Crippen LogP contribution in [0.3, 0.4) is 0 Å². The summed E-state index contributed by atoms with van der Waals surface area (Å²) in [5, 5.41) is 16.5. The number of hydrogen-bond acceptors (Lipinski definition) is 5. The Hall–Kier alpha value is -1.96. The maximum absolute atomic E-state index is 12.2.